The van der Waals surface area contributed by atoms with Gasteiger partial charge in [-0.3, -0.25) is 4.79 Å². The van der Waals surface area contributed by atoms with Crippen molar-refractivity contribution >= 4 is 12.1 Å². The van der Waals surface area contributed by atoms with E-state index in [9.17, 15) is 9.59 Å². The predicted molar refractivity (Wildman–Crippen MR) is 84.8 cm³/mol. The van der Waals surface area contributed by atoms with Crippen LogP contribution in [0.15, 0.2) is 0 Å². The van der Waals surface area contributed by atoms with E-state index in [1.807, 2.05) is 0 Å². The second-order valence-corrected chi connectivity index (χ2v) is 7.86. The van der Waals surface area contributed by atoms with Crippen LogP contribution in [0.2, 0.25) is 0 Å². The molecule has 0 aromatic carbocycles. The molecule has 0 radical (unpaired) electrons. The first-order valence-corrected chi connectivity index (χ1v) is 8.91. The Hall–Kier alpha value is -1.30. The predicted octanol–water partition coefficient (Wildman–Crippen LogP) is 2.26. The summed E-state index contributed by atoms with van der Waals surface area (Å²) in [4.78, 5) is 22.7. The minimum absolute atomic E-state index is 0.204. The van der Waals surface area contributed by atoms with E-state index in [0.717, 1.165) is 43.4 Å². The fourth-order valence-electron chi connectivity index (χ4n) is 5.19. The molecule has 0 saturated heterocycles. The number of hydrogen-bond donors (Lipinski definition) is 3. The molecule has 1 atom stereocenters. The van der Waals surface area contributed by atoms with Gasteiger partial charge in [-0.15, -0.1) is 0 Å². The van der Waals surface area contributed by atoms with Crippen molar-refractivity contribution in [2.45, 2.75) is 69.4 Å². The normalized spacial score (nSPS) is 35.8. The van der Waals surface area contributed by atoms with E-state index in [2.05, 4.69) is 5.32 Å². The van der Waals surface area contributed by atoms with Crippen molar-refractivity contribution in [3.63, 3.8) is 0 Å². The molecule has 4 bridgehead atoms. The minimum atomic E-state index is -0.973. The van der Waals surface area contributed by atoms with Crippen molar-refractivity contribution in [3.8, 4) is 0 Å². The average Bonchev–Trinajstić information content (AvgIpc) is 2.44. The van der Waals surface area contributed by atoms with Crippen LogP contribution in [0.4, 0.5) is 4.79 Å². The number of rotatable bonds is 7. The van der Waals surface area contributed by atoms with Gasteiger partial charge in [0.1, 0.15) is 11.6 Å². The first kappa shape index (κ1) is 16.6. The number of unbranched alkanes of at least 4 members (excludes halogenated alkanes) is 1. The SMILES string of the molecule is N[C@@H](CCCCNC(=O)OC12CC3CC(CC(C3)C1)C2)C(=O)O. The number of carbonyl (C=O) groups excluding carboxylic acids is 1. The Bertz CT molecular complexity index is 430. The highest BCUT2D eigenvalue weighted by Gasteiger charge is 2.53. The number of carbonyl (C=O) groups is 2. The lowest BCUT2D eigenvalue weighted by atomic mass is 9.54. The maximum absolute atomic E-state index is 12.1. The highest BCUT2D eigenvalue weighted by Crippen LogP contribution is 2.57. The molecular weight excluding hydrogens is 296 g/mol. The van der Waals surface area contributed by atoms with E-state index >= 15 is 0 Å². The molecule has 0 aromatic heterocycles. The topological polar surface area (TPSA) is 102 Å². The number of nitrogens with two attached hydrogens (primary N) is 1. The molecule has 1 amide bonds. The molecule has 6 nitrogen and oxygen atoms in total. The zero-order valence-corrected chi connectivity index (χ0v) is 13.6. The van der Waals surface area contributed by atoms with Gasteiger partial charge >= 0.3 is 12.1 Å². The van der Waals surface area contributed by atoms with E-state index in [1.54, 1.807) is 0 Å². The van der Waals surface area contributed by atoms with Gasteiger partial charge in [-0.2, -0.15) is 0 Å². The average molecular weight is 324 g/mol. The lowest BCUT2D eigenvalue weighted by molar-refractivity contribution is -0.138. The Morgan fingerprint density at radius 2 is 1.70 bits per heavy atom. The van der Waals surface area contributed by atoms with Crippen LogP contribution in [-0.4, -0.2) is 35.4 Å². The van der Waals surface area contributed by atoms with Crippen LogP contribution in [0.3, 0.4) is 0 Å². The molecule has 0 spiro atoms. The van der Waals surface area contributed by atoms with Gasteiger partial charge in [0.15, 0.2) is 0 Å². The molecule has 0 unspecified atom stereocenters. The third kappa shape index (κ3) is 3.97. The molecule has 4 fully saturated rings. The standard InChI is InChI=1S/C17H28N2O4/c18-14(15(20)21)3-1-2-4-19-16(22)23-17-8-11-5-12(9-17)7-13(6-11)10-17/h11-14H,1-10,18H2,(H,19,22)(H,20,21)/t11?,12?,13?,14-,17?/m0/s1. The third-order valence-electron chi connectivity index (χ3n) is 5.82. The van der Waals surface area contributed by atoms with Crippen molar-refractivity contribution in [2.75, 3.05) is 6.54 Å². The van der Waals surface area contributed by atoms with Gasteiger partial charge in [0.25, 0.3) is 0 Å². The summed E-state index contributed by atoms with van der Waals surface area (Å²) in [6, 6.07) is -0.811. The number of hydrogen-bond acceptors (Lipinski definition) is 4. The van der Waals surface area contributed by atoms with E-state index in [1.165, 1.54) is 19.3 Å². The Labute approximate surface area is 137 Å². The summed E-state index contributed by atoms with van der Waals surface area (Å²) in [5, 5.41) is 11.5. The quantitative estimate of drug-likeness (QED) is 0.624. The molecule has 4 saturated carbocycles. The molecule has 23 heavy (non-hydrogen) atoms. The summed E-state index contributed by atoms with van der Waals surface area (Å²) < 4.78 is 5.85. The van der Waals surface area contributed by atoms with Gasteiger partial charge in [-0.1, -0.05) is 0 Å². The summed E-state index contributed by atoms with van der Waals surface area (Å²) in [7, 11) is 0. The van der Waals surface area contributed by atoms with Gasteiger partial charge in [0, 0.05) is 6.54 Å². The molecule has 4 rings (SSSR count). The van der Waals surface area contributed by atoms with Gasteiger partial charge in [0.2, 0.25) is 0 Å². The van der Waals surface area contributed by atoms with Crippen LogP contribution in [0.25, 0.3) is 0 Å². The van der Waals surface area contributed by atoms with Crippen LogP contribution in [0.1, 0.15) is 57.8 Å². The van der Waals surface area contributed by atoms with Crippen LogP contribution in [-0.2, 0) is 9.53 Å². The molecule has 0 heterocycles. The number of carboxylic acids is 1. The second-order valence-electron chi connectivity index (χ2n) is 7.86. The lowest BCUT2D eigenvalue weighted by Gasteiger charge is -2.55. The Morgan fingerprint density at radius 1 is 1.13 bits per heavy atom. The van der Waals surface area contributed by atoms with E-state index in [4.69, 9.17) is 15.6 Å². The monoisotopic (exact) mass is 324 g/mol. The molecule has 130 valence electrons. The van der Waals surface area contributed by atoms with Gasteiger partial charge < -0.3 is 20.9 Å². The van der Waals surface area contributed by atoms with Crippen molar-refractivity contribution < 1.29 is 19.4 Å². The minimum Gasteiger partial charge on any atom is -0.480 e. The number of alkyl carbamates (subject to hydrolysis) is 1. The maximum atomic E-state index is 12.1. The summed E-state index contributed by atoms with van der Waals surface area (Å²) in [5.74, 6) is 1.30. The van der Waals surface area contributed by atoms with Gasteiger partial charge in [0.05, 0.1) is 0 Å². The largest absolute Gasteiger partial charge is 0.480 e. The molecule has 6 heteroatoms. The van der Waals surface area contributed by atoms with Crippen LogP contribution in [0.5, 0.6) is 0 Å². The van der Waals surface area contributed by atoms with Crippen molar-refractivity contribution in [1.82, 2.24) is 5.32 Å². The number of carboxylic acid groups (broad SMARTS) is 1. The number of aliphatic carboxylic acids is 1. The van der Waals surface area contributed by atoms with Crippen LogP contribution >= 0.6 is 0 Å². The Balaban J connectivity index is 1.36. The second kappa shape index (κ2) is 6.67. The van der Waals surface area contributed by atoms with E-state index < -0.39 is 12.0 Å². The highest BCUT2D eigenvalue weighted by molar-refractivity contribution is 5.72. The summed E-state index contributed by atoms with van der Waals surface area (Å²) in [6.45, 7) is 0.511. The zero-order chi connectivity index (χ0) is 16.4. The highest BCUT2D eigenvalue weighted by atomic mass is 16.6. The molecule has 0 aromatic rings. The summed E-state index contributed by atoms with van der Waals surface area (Å²) >= 11 is 0. The summed E-state index contributed by atoms with van der Waals surface area (Å²) in [6.07, 6.45) is 8.63. The number of ether oxygens (including phenoxy) is 1. The number of nitrogens with one attached hydrogen (secondary N) is 1. The number of amides is 1. The van der Waals surface area contributed by atoms with Crippen LogP contribution < -0.4 is 11.1 Å². The summed E-state index contributed by atoms with van der Waals surface area (Å²) in [5.41, 5.74) is 5.24. The smallest absolute Gasteiger partial charge is 0.407 e. The first-order valence-electron chi connectivity index (χ1n) is 8.91. The molecule has 4 N–H and O–H groups in total. The first-order chi connectivity index (χ1) is 11.0. The van der Waals surface area contributed by atoms with E-state index in [-0.39, 0.29) is 11.7 Å². The molecular formula is C17H28N2O4. The van der Waals surface area contributed by atoms with E-state index in [0.29, 0.717) is 19.4 Å². The molecule has 4 aliphatic rings. The van der Waals surface area contributed by atoms with Crippen molar-refractivity contribution in [1.29, 1.82) is 0 Å². The molecule has 0 aliphatic heterocycles. The molecule has 4 aliphatic carbocycles. The lowest BCUT2D eigenvalue weighted by Crippen LogP contribution is -2.53. The fourth-order valence-corrected chi connectivity index (χ4v) is 5.19. The van der Waals surface area contributed by atoms with Crippen molar-refractivity contribution in [2.24, 2.45) is 23.5 Å². The Kier molecular flexibility index (Phi) is 4.80. The van der Waals surface area contributed by atoms with Crippen molar-refractivity contribution in [3.05, 3.63) is 0 Å². The van der Waals surface area contributed by atoms with Gasteiger partial charge in [-0.05, 0) is 75.5 Å². The fraction of sp³-hybridized carbons (Fsp3) is 0.882. The van der Waals surface area contributed by atoms with Gasteiger partial charge in [-0.25, -0.2) is 4.79 Å². The maximum Gasteiger partial charge on any atom is 0.407 e. The Morgan fingerprint density at radius 3 is 2.22 bits per heavy atom. The third-order valence-corrected chi connectivity index (χ3v) is 5.82. The zero-order valence-electron chi connectivity index (χ0n) is 13.6. The van der Waals surface area contributed by atoms with Crippen LogP contribution in [0, 0.1) is 17.8 Å².